The third-order valence-electron chi connectivity index (χ3n) is 15.4. The van der Waals surface area contributed by atoms with Gasteiger partial charge in [0.05, 0.1) is 0 Å². The van der Waals surface area contributed by atoms with Crippen LogP contribution in [0.15, 0.2) is 97.1 Å². The van der Waals surface area contributed by atoms with E-state index in [4.69, 9.17) is 18.9 Å². The Morgan fingerprint density at radius 2 is 0.461 bits per heavy atom. The molecule has 406 valence electrons. The maximum Gasteiger partial charge on any atom is 0.231 e. The summed E-state index contributed by atoms with van der Waals surface area (Å²) in [4.78, 5) is 0. The van der Waals surface area contributed by atoms with E-state index in [2.05, 4.69) is 263 Å². The Morgan fingerprint density at radius 1 is 0.263 bits per heavy atom. The topological polar surface area (TPSA) is 36.9 Å². The van der Waals surface area contributed by atoms with Crippen LogP contribution in [-0.4, -0.2) is 13.6 Å². The van der Waals surface area contributed by atoms with Crippen LogP contribution < -0.4 is 50.8 Å². The highest BCUT2D eigenvalue weighted by molar-refractivity contribution is 7.80. The van der Waals surface area contributed by atoms with Gasteiger partial charge in [-0.2, -0.15) is 0 Å². The quantitative estimate of drug-likeness (QED) is 0.149. The third kappa shape index (κ3) is 11.9. The van der Waals surface area contributed by atoms with Crippen LogP contribution in [-0.2, 0) is 43.3 Å². The van der Waals surface area contributed by atoms with E-state index in [0.29, 0.717) is 0 Å². The van der Waals surface area contributed by atoms with Crippen LogP contribution in [0.2, 0.25) is 0 Å². The fourth-order valence-corrected chi connectivity index (χ4v) is 15.2. The van der Waals surface area contributed by atoms with Gasteiger partial charge >= 0.3 is 0 Å². The Balaban J connectivity index is 1.61. The Hall–Kier alpha value is -4.62. The fourth-order valence-electron chi connectivity index (χ4n) is 10.1. The largest absolute Gasteiger partial charge is 0.454 e. The van der Waals surface area contributed by atoms with Crippen molar-refractivity contribution in [3.05, 3.63) is 142 Å². The van der Waals surface area contributed by atoms with Crippen molar-refractivity contribution in [3.63, 3.8) is 0 Å². The van der Waals surface area contributed by atoms with Gasteiger partial charge in [-0.15, -0.1) is 0 Å². The molecule has 4 nitrogen and oxygen atoms in total. The molecule has 0 amide bonds. The average molecular weight is 1060 g/mol. The van der Waals surface area contributed by atoms with Gasteiger partial charge in [-0.3, -0.25) is 0 Å². The van der Waals surface area contributed by atoms with Crippen LogP contribution in [0.25, 0.3) is 11.1 Å². The van der Waals surface area contributed by atoms with E-state index in [1.165, 1.54) is 76.3 Å². The predicted octanol–water partition coefficient (Wildman–Crippen LogP) is 16.7. The lowest BCUT2D eigenvalue weighted by Crippen LogP contribution is -2.30. The summed E-state index contributed by atoms with van der Waals surface area (Å²) in [5, 5.41) is 7.65. The summed E-state index contributed by atoms with van der Waals surface area (Å²) in [6.45, 7) is 56.7. The summed E-state index contributed by atoms with van der Waals surface area (Å²) in [5.41, 5.74) is 11.9. The van der Waals surface area contributed by atoms with Gasteiger partial charge in [-0.25, -0.2) is 0 Å². The van der Waals surface area contributed by atoms with E-state index in [1.807, 2.05) is 0 Å². The first-order valence-corrected chi connectivity index (χ1v) is 30.5. The second kappa shape index (κ2) is 19.6. The molecule has 0 unspecified atom stereocenters. The Kier molecular flexibility index (Phi) is 14.9. The van der Waals surface area contributed by atoms with Gasteiger partial charge in [0.15, 0.2) is 23.0 Å². The third-order valence-corrected chi connectivity index (χ3v) is 20.2. The lowest BCUT2D eigenvalue weighted by Gasteiger charge is -2.33. The maximum absolute atomic E-state index is 6.92. The minimum atomic E-state index is -1.30. The van der Waals surface area contributed by atoms with Crippen LogP contribution >= 0.6 is 15.8 Å². The molecule has 0 bridgehead atoms. The average Bonchev–Trinajstić information content (AvgIpc) is 3.97. The van der Waals surface area contributed by atoms with Gasteiger partial charge in [-0.05, 0) is 160 Å². The van der Waals surface area contributed by atoms with Crippen molar-refractivity contribution in [2.75, 3.05) is 13.6 Å². The number of benzene rings is 6. The zero-order valence-corrected chi connectivity index (χ0v) is 53.0. The zero-order chi connectivity index (χ0) is 56.3. The van der Waals surface area contributed by atoms with Gasteiger partial charge in [0, 0.05) is 11.1 Å². The van der Waals surface area contributed by atoms with Gasteiger partial charge in [-0.1, -0.05) is 239 Å². The molecule has 6 heteroatoms. The molecule has 0 saturated heterocycles. The normalized spacial score (nSPS) is 14.6. The molecule has 0 spiro atoms. The summed E-state index contributed by atoms with van der Waals surface area (Å²) >= 11 is 0. The van der Waals surface area contributed by atoms with Crippen LogP contribution in [0, 0.1) is 0 Å². The fraction of sp³-hybridized carbons (Fsp3) is 0.486. The molecule has 0 aromatic heterocycles. The zero-order valence-electron chi connectivity index (χ0n) is 51.2. The summed E-state index contributed by atoms with van der Waals surface area (Å²) in [6, 6.07) is 39.1. The van der Waals surface area contributed by atoms with E-state index < -0.39 is 15.8 Å². The molecule has 0 saturated carbocycles. The Morgan fingerprint density at radius 3 is 0.645 bits per heavy atom. The monoisotopic (exact) mass is 1060 g/mol. The van der Waals surface area contributed by atoms with E-state index in [-0.39, 0.29) is 56.9 Å². The van der Waals surface area contributed by atoms with Crippen molar-refractivity contribution in [1.82, 2.24) is 0 Å². The minimum Gasteiger partial charge on any atom is -0.454 e. The van der Waals surface area contributed by atoms with Crippen molar-refractivity contribution in [2.45, 2.75) is 209 Å². The van der Waals surface area contributed by atoms with Crippen LogP contribution in [0.3, 0.4) is 0 Å². The lowest BCUT2D eigenvalue weighted by atomic mass is 9.81. The molecule has 8 rings (SSSR count). The van der Waals surface area contributed by atoms with Gasteiger partial charge in [0.1, 0.15) is 0 Å². The number of fused-ring (bicyclic) bond motifs is 2. The van der Waals surface area contributed by atoms with E-state index >= 15 is 0 Å². The first kappa shape index (κ1) is 57.6. The van der Waals surface area contributed by atoms with E-state index in [1.54, 1.807) is 0 Å². The molecule has 0 aliphatic carbocycles. The molecule has 2 heterocycles. The summed E-state index contributed by atoms with van der Waals surface area (Å²) < 4.78 is 26.8. The Labute approximate surface area is 463 Å². The van der Waals surface area contributed by atoms with Crippen molar-refractivity contribution in [3.8, 4) is 34.1 Å². The maximum atomic E-state index is 6.92. The molecule has 0 radical (unpaired) electrons. The van der Waals surface area contributed by atoms with Crippen LogP contribution in [0.5, 0.6) is 23.0 Å². The number of hydrogen-bond donors (Lipinski definition) is 0. The van der Waals surface area contributed by atoms with Crippen molar-refractivity contribution in [1.29, 1.82) is 0 Å². The number of rotatable bonds is 7. The molecular formula is C70H92O4P2. The van der Waals surface area contributed by atoms with Crippen molar-refractivity contribution < 1.29 is 18.9 Å². The first-order valence-electron chi connectivity index (χ1n) is 27.8. The SMILES string of the molecule is CC(C)(C)c1cc(P(c2cc(C(C)(C)C)cc(C(C)(C)C)c2)c2ccc3c(c2-c2c(P(c4cc(C(C)(C)C)cc(C(C)(C)C)c4)c4cc(C(C)(C)C)cc(C(C)(C)C)c4)ccc4c2OCO4)OCO3)cc(C(C)(C)C)c1. The molecular weight excluding hydrogens is 967 g/mol. The minimum absolute atomic E-state index is 0.103. The molecule has 0 atom stereocenters. The molecule has 0 N–H and O–H groups in total. The summed E-state index contributed by atoms with van der Waals surface area (Å²) in [6.07, 6.45) is 0. The molecule has 2 aliphatic rings. The van der Waals surface area contributed by atoms with E-state index in [0.717, 1.165) is 34.1 Å². The highest BCUT2D eigenvalue weighted by Gasteiger charge is 2.39. The summed E-state index contributed by atoms with van der Waals surface area (Å²) in [5.74, 6) is 3.00. The summed E-state index contributed by atoms with van der Waals surface area (Å²) in [7, 11) is -2.61. The van der Waals surface area contributed by atoms with Gasteiger partial charge < -0.3 is 18.9 Å². The highest BCUT2D eigenvalue weighted by Crippen LogP contribution is 2.55. The smallest absolute Gasteiger partial charge is 0.231 e. The number of hydrogen-bond acceptors (Lipinski definition) is 4. The standard InChI is InChI=1S/C70H92O4P2/c1-63(2,3)43-29-44(64(4,5)6)34-51(33-43)75(52-35-45(65(7,8)9)30-46(36-52)66(10,11)12)57-27-25-55-61(73-41-71-55)59(57)60-58(28-26-56-62(60)74-42-72-56)76(53-37-47(67(13,14)15)31-48(38-53)68(16,17)18)54-39-49(69(19,20)21)32-50(40-54)70(22,23)24/h25-40H,41-42H2,1-24H3. The molecule has 6 aromatic carbocycles. The molecule has 6 aromatic rings. The van der Waals surface area contributed by atoms with Gasteiger partial charge in [0.25, 0.3) is 0 Å². The van der Waals surface area contributed by atoms with Crippen LogP contribution in [0.1, 0.15) is 211 Å². The van der Waals surface area contributed by atoms with Crippen LogP contribution in [0.4, 0.5) is 0 Å². The molecule has 2 aliphatic heterocycles. The second-order valence-corrected chi connectivity index (χ2v) is 34.5. The predicted molar refractivity (Wildman–Crippen MR) is 331 cm³/mol. The molecule has 0 fully saturated rings. The Bertz CT molecular complexity index is 2680. The first-order chi connectivity index (χ1) is 34.7. The van der Waals surface area contributed by atoms with E-state index in [9.17, 15) is 0 Å². The second-order valence-electron chi connectivity index (χ2n) is 30.1. The van der Waals surface area contributed by atoms with Crippen molar-refractivity contribution in [2.24, 2.45) is 0 Å². The number of ether oxygens (including phenoxy) is 4. The highest BCUT2D eigenvalue weighted by atomic mass is 31.1. The molecule has 76 heavy (non-hydrogen) atoms. The van der Waals surface area contributed by atoms with Crippen molar-refractivity contribution >= 4 is 47.7 Å². The lowest BCUT2D eigenvalue weighted by molar-refractivity contribution is 0.173. The van der Waals surface area contributed by atoms with Gasteiger partial charge in [0.2, 0.25) is 13.6 Å².